The standard InChI is InChI=1S/C29H27NO4S/c1-17-15-23-24(16-18(17)2)34-28-25(27(23)31)26(20-7-11-22(35-4)12-8-20)30(29(28)32)14-13-19-5-9-21(33-3)10-6-19/h5-12,15-16,26H,13-14H2,1-4H3/t26-/m1/s1. The van der Waals surface area contributed by atoms with Gasteiger partial charge in [-0.25, -0.2) is 0 Å². The Morgan fingerprint density at radius 2 is 1.66 bits per heavy atom. The van der Waals surface area contributed by atoms with Gasteiger partial charge in [0, 0.05) is 11.4 Å². The van der Waals surface area contributed by atoms with E-state index in [4.69, 9.17) is 9.15 Å². The minimum absolute atomic E-state index is 0.136. The van der Waals surface area contributed by atoms with Crippen molar-refractivity contribution >= 4 is 28.6 Å². The first-order valence-corrected chi connectivity index (χ1v) is 12.8. The third-order valence-electron chi connectivity index (χ3n) is 6.81. The van der Waals surface area contributed by atoms with E-state index < -0.39 is 6.04 Å². The second-order valence-electron chi connectivity index (χ2n) is 8.88. The summed E-state index contributed by atoms with van der Waals surface area (Å²) in [6, 6.07) is 19.1. The largest absolute Gasteiger partial charge is 0.497 e. The number of carbonyl (C=O) groups excluding carboxylic acids is 1. The van der Waals surface area contributed by atoms with Gasteiger partial charge in [-0.2, -0.15) is 0 Å². The highest BCUT2D eigenvalue weighted by molar-refractivity contribution is 7.98. The number of fused-ring (bicyclic) bond motifs is 2. The number of aryl methyl sites for hydroxylation is 2. The van der Waals surface area contributed by atoms with Crippen LogP contribution in [0.15, 0.2) is 74.8 Å². The SMILES string of the molecule is COc1ccc(CCN2C(=O)c3oc4cc(C)c(C)cc4c(=O)c3[C@H]2c2ccc(SC)cc2)cc1. The molecule has 1 atom stereocenters. The van der Waals surface area contributed by atoms with Crippen LogP contribution in [0.1, 0.15) is 44.4 Å². The second kappa shape index (κ2) is 9.27. The second-order valence-corrected chi connectivity index (χ2v) is 9.76. The van der Waals surface area contributed by atoms with Crippen LogP contribution >= 0.6 is 11.8 Å². The monoisotopic (exact) mass is 485 g/mol. The maximum absolute atomic E-state index is 13.8. The van der Waals surface area contributed by atoms with Crippen molar-refractivity contribution in [2.24, 2.45) is 0 Å². The number of hydrogen-bond donors (Lipinski definition) is 0. The van der Waals surface area contributed by atoms with Crippen molar-refractivity contribution in [3.8, 4) is 5.75 Å². The molecule has 0 unspecified atom stereocenters. The van der Waals surface area contributed by atoms with Crippen LogP contribution in [0.2, 0.25) is 0 Å². The van der Waals surface area contributed by atoms with E-state index in [1.807, 2.05) is 80.8 Å². The minimum atomic E-state index is -0.492. The molecule has 178 valence electrons. The van der Waals surface area contributed by atoms with Gasteiger partial charge in [-0.3, -0.25) is 9.59 Å². The molecule has 1 aliphatic rings. The summed E-state index contributed by atoms with van der Waals surface area (Å²) >= 11 is 1.65. The van der Waals surface area contributed by atoms with Crippen molar-refractivity contribution in [1.29, 1.82) is 0 Å². The topological polar surface area (TPSA) is 59.8 Å². The molecule has 1 amide bonds. The molecule has 0 aliphatic carbocycles. The van der Waals surface area contributed by atoms with Crippen molar-refractivity contribution in [2.75, 3.05) is 19.9 Å². The Balaban J connectivity index is 1.61. The molecule has 0 radical (unpaired) electrons. The average Bonchev–Trinajstić information content (AvgIpc) is 3.16. The van der Waals surface area contributed by atoms with Gasteiger partial charge in [-0.1, -0.05) is 24.3 Å². The van der Waals surface area contributed by atoms with Gasteiger partial charge in [0.2, 0.25) is 5.76 Å². The number of amides is 1. The number of methoxy groups -OCH3 is 1. The summed E-state index contributed by atoms with van der Waals surface area (Å²) in [7, 11) is 1.64. The van der Waals surface area contributed by atoms with Gasteiger partial charge in [0.15, 0.2) is 5.43 Å². The molecule has 5 rings (SSSR count). The molecular weight excluding hydrogens is 458 g/mol. The summed E-state index contributed by atoms with van der Waals surface area (Å²) < 4.78 is 11.4. The molecule has 3 aromatic carbocycles. The molecule has 2 heterocycles. The number of benzene rings is 3. The van der Waals surface area contributed by atoms with Crippen LogP contribution in [0.4, 0.5) is 0 Å². The molecular formula is C29H27NO4S. The lowest BCUT2D eigenvalue weighted by Crippen LogP contribution is -2.31. The zero-order valence-corrected chi connectivity index (χ0v) is 21.1. The van der Waals surface area contributed by atoms with Crippen molar-refractivity contribution < 1.29 is 13.9 Å². The van der Waals surface area contributed by atoms with E-state index >= 15 is 0 Å². The molecule has 5 nitrogen and oxygen atoms in total. The first-order valence-electron chi connectivity index (χ1n) is 11.6. The number of nitrogens with zero attached hydrogens (tertiary/aromatic N) is 1. The lowest BCUT2D eigenvalue weighted by atomic mass is 9.97. The smallest absolute Gasteiger partial charge is 0.290 e. The maximum Gasteiger partial charge on any atom is 0.290 e. The first kappa shape index (κ1) is 23.2. The van der Waals surface area contributed by atoms with E-state index in [0.717, 1.165) is 32.9 Å². The number of hydrogen-bond acceptors (Lipinski definition) is 5. The van der Waals surface area contributed by atoms with E-state index in [2.05, 4.69) is 0 Å². The number of ether oxygens (including phenoxy) is 1. The van der Waals surface area contributed by atoms with Crippen molar-refractivity contribution in [3.63, 3.8) is 0 Å². The normalized spacial score (nSPS) is 15.0. The highest BCUT2D eigenvalue weighted by Crippen LogP contribution is 2.39. The van der Waals surface area contributed by atoms with Gasteiger partial charge >= 0.3 is 0 Å². The van der Waals surface area contributed by atoms with Gasteiger partial charge < -0.3 is 14.1 Å². The van der Waals surface area contributed by atoms with Crippen LogP contribution in [0.5, 0.6) is 5.75 Å². The summed E-state index contributed by atoms with van der Waals surface area (Å²) in [5.74, 6) is 0.696. The van der Waals surface area contributed by atoms with Crippen LogP contribution < -0.4 is 10.2 Å². The minimum Gasteiger partial charge on any atom is -0.497 e. The molecule has 0 fully saturated rings. The molecule has 4 aromatic rings. The summed E-state index contributed by atoms with van der Waals surface area (Å²) in [5.41, 5.74) is 4.78. The third-order valence-corrected chi connectivity index (χ3v) is 7.56. The summed E-state index contributed by atoms with van der Waals surface area (Å²) in [4.78, 5) is 30.3. The zero-order valence-electron chi connectivity index (χ0n) is 20.3. The van der Waals surface area contributed by atoms with E-state index in [0.29, 0.717) is 29.5 Å². The third kappa shape index (κ3) is 4.12. The number of carbonyl (C=O) groups is 1. The quantitative estimate of drug-likeness (QED) is 0.317. The Labute approximate surface area is 208 Å². The molecule has 0 saturated carbocycles. The first-order chi connectivity index (χ1) is 16.9. The Morgan fingerprint density at radius 1 is 0.971 bits per heavy atom. The number of thioether (sulfide) groups is 1. The maximum atomic E-state index is 13.8. The fourth-order valence-electron chi connectivity index (χ4n) is 4.68. The van der Waals surface area contributed by atoms with Crippen molar-refractivity contribution in [2.45, 2.75) is 31.2 Å². The molecule has 6 heteroatoms. The van der Waals surface area contributed by atoms with Crippen LogP contribution in [0, 0.1) is 13.8 Å². The van der Waals surface area contributed by atoms with Gasteiger partial charge in [0.25, 0.3) is 5.91 Å². The summed E-state index contributed by atoms with van der Waals surface area (Å²) in [5, 5.41) is 0.516. The Morgan fingerprint density at radius 3 is 2.31 bits per heavy atom. The van der Waals surface area contributed by atoms with Crippen LogP contribution in [0.3, 0.4) is 0 Å². The van der Waals surface area contributed by atoms with Crippen LogP contribution in [0.25, 0.3) is 11.0 Å². The number of rotatable bonds is 6. The van der Waals surface area contributed by atoms with Gasteiger partial charge in [0.1, 0.15) is 11.3 Å². The molecule has 35 heavy (non-hydrogen) atoms. The zero-order chi connectivity index (χ0) is 24.7. The molecule has 1 aliphatic heterocycles. The van der Waals surface area contributed by atoms with Crippen molar-refractivity contribution in [1.82, 2.24) is 4.90 Å². The van der Waals surface area contributed by atoms with Crippen LogP contribution in [-0.4, -0.2) is 30.7 Å². The van der Waals surface area contributed by atoms with Gasteiger partial charge in [-0.15, -0.1) is 11.8 Å². The van der Waals surface area contributed by atoms with E-state index in [1.54, 1.807) is 23.8 Å². The Hall–Kier alpha value is -3.51. The molecule has 0 spiro atoms. The predicted octanol–water partition coefficient (Wildman–Crippen LogP) is 5.93. The molecule has 0 bridgehead atoms. The highest BCUT2D eigenvalue weighted by Gasteiger charge is 2.42. The lowest BCUT2D eigenvalue weighted by Gasteiger charge is -2.25. The lowest BCUT2D eigenvalue weighted by molar-refractivity contribution is 0.0730. The molecule has 0 saturated heterocycles. The van der Waals surface area contributed by atoms with Gasteiger partial charge in [0.05, 0.1) is 24.1 Å². The van der Waals surface area contributed by atoms with E-state index in [-0.39, 0.29) is 17.1 Å². The molecule has 1 aromatic heterocycles. The summed E-state index contributed by atoms with van der Waals surface area (Å²) in [6.45, 7) is 4.41. The fourth-order valence-corrected chi connectivity index (χ4v) is 5.09. The molecule has 0 N–H and O–H groups in total. The Kier molecular flexibility index (Phi) is 6.15. The fraction of sp³-hybridized carbons (Fsp3) is 0.241. The summed E-state index contributed by atoms with van der Waals surface area (Å²) in [6.07, 6.45) is 2.67. The van der Waals surface area contributed by atoms with Crippen molar-refractivity contribution in [3.05, 3.63) is 104 Å². The van der Waals surface area contributed by atoms with Gasteiger partial charge in [-0.05, 0) is 85.2 Å². The predicted molar refractivity (Wildman–Crippen MR) is 140 cm³/mol. The Bertz CT molecular complexity index is 1470. The van der Waals surface area contributed by atoms with Crippen LogP contribution in [-0.2, 0) is 6.42 Å². The van der Waals surface area contributed by atoms with E-state index in [1.165, 1.54) is 0 Å². The van der Waals surface area contributed by atoms with E-state index in [9.17, 15) is 9.59 Å². The highest BCUT2D eigenvalue weighted by atomic mass is 32.2. The average molecular weight is 486 g/mol.